The molecule has 1 saturated heterocycles. The smallest absolute Gasteiger partial charge is 0.411 e. The van der Waals surface area contributed by atoms with Crippen molar-refractivity contribution in [1.82, 2.24) is 15.5 Å². The van der Waals surface area contributed by atoms with Crippen LogP contribution in [0.3, 0.4) is 0 Å². The third-order valence-electron chi connectivity index (χ3n) is 6.29. The molecule has 1 fully saturated rings. The highest BCUT2D eigenvalue weighted by molar-refractivity contribution is 5.94. The van der Waals surface area contributed by atoms with Crippen molar-refractivity contribution in [3.8, 4) is 0 Å². The molecule has 2 N–H and O–H groups in total. The number of nitrogens with zero attached hydrogens (tertiary/aromatic N) is 1. The second-order valence-corrected chi connectivity index (χ2v) is 10.1. The number of likely N-dealkylation sites (tertiary alicyclic amines) is 1. The lowest BCUT2D eigenvalue weighted by molar-refractivity contribution is -0.126. The molecule has 3 unspecified atom stereocenters. The second-order valence-electron chi connectivity index (χ2n) is 10.1. The van der Waals surface area contributed by atoms with E-state index < -0.39 is 17.7 Å². The van der Waals surface area contributed by atoms with Crippen molar-refractivity contribution in [1.29, 1.82) is 0 Å². The molecule has 0 saturated carbocycles. The van der Waals surface area contributed by atoms with Gasteiger partial charge in [0.05, 0.1) is 6.04 Å². The Kier molecular flexibility index (Phi) is 6.91. The number of hydrogen-bond donors (Lipinski definition) is 2. The third-order valence-corrected chi connectivity index (χ3v) is 6.29. The number of ether oxygens (including phenoxy) is 1. The zero-order valence-electron chi connectivity index (χ0n) is 20.0. The van der Waals surface area contributed by atoms with E-state index in [4.69, 9.17) is 4.74 Å². The van der Waals surface area contributed by atoms with Gasteiger partial charge in [0.1, 0.15) is 11.6 Å². The number of carbonyl (C=O) groups is 3. The lowest BCUT2D eigenvalue weighted by Gasteiger charge is -2.31. The van der Waals surface area contributed by atoms with Gasteiger partial charge in [0, 0.05) is 18.2 Å². The first kappa shape index (κ1) is 23.8. The summed E-state index contributed by atoms with van der Waals surface area (Å²) in [4.78, 5) is 40.6. The van der Waals surface area contributed by atoms with Crippen LogP contribution in [0.2, 0.25) is 0 Å². The first-order valence-electron chi connectivity index (χ1n) is 11.9. The van der Waals surface area contributed by atoms with Gasteiger partial charge in [-0.25, -0.2) is 4.79 Å². The van der Waals surface area contributed by atoms with Gasteiger partial charge in [0.25, 0.3) is 5.91 Å². The van der Waals surface area contributed by atoms with Crippen LogP contribution in [0, 0.1) is 0 Å². The Morgan fingerprint density at radius 3 is 2.41 bits per heavy atom. The zero-order chi connectivity index (χ0) is 24.3. The number of fused-ring (bicyclic) bond motifs is 1. The number of rotatable bonds is 4. The fraction of sp³-hybridized carbons (Fsp3) is 0.444. The molecule has 0 spiro atoms. The van der Waals surface area contributed by atoms with E-state index in [2.05, 4.69) is 22.8 Å². The Morgan fingerprint density at radius 1 is 0.971 bits per heavy atom. The van der Waals surface area contributed by atoms with Gasteiger partial charge >= 0.3 is 6.09 Å². The van der Waals surface area contributed by atoms with Gasteiger partial charge in [-0.05, 0) is 69.7 Å². The molecule has 0 radical (unpaired) electrons. The fourth-order valence-electron chi connectivity index (χ4n) is 4.74. The van der Waals surface area contributed by atoms with E-state index in [1.165, 1.54) is 10.5 Å². The average molecular weight is 464 g/mol. The van der Waals surface area contributed by atoms with Gasteiger partial charge in [0.15, 0.2) is 0 Å². The van der Waals surface area contributed by atoms with E-state index in [1.54, 1.807) is 45.0 Å². The van der Waals surface area contributed by atoms with Crippen LogP contribution in [0.4, 0.5) is 4.79 Å². The highest BCUT2D eigenvalue weighted by atomic mass is 16.6. The third kappa shape index (κ3) is 5.58. The molecule has 7 nitrogen and oxygen atoms in total. The molecule has 34 heavy (non-hydrogen) atoms. The maximum absolute atomic E-state index is 13.4. The molecule has 2 aliphatic rings. The van der Waals surface area contributed by atoms with Crippen LogP contribution in [-0.4, -0.2) is 47.0 Å². The molecule has 4 rings (SSSR count). The van der Waals surface area contributed by atoms with Crippen molar-refractivity contribution in [2.75, 3.05) is 6.54 Å². The summed E-state index contributed by atoms with van der Waals surface area (Å²) in [5, 5.41) is 6.15. The van der Waals surface area contributed by atoms with Gasteiger partial charge < -0.3 is 15.4 Å². The number of hydrogen-bond acceptors (Lipinski definition) is 4. The first-order valence-corrected chi connectivity index (χ1v) is 11.9. The molecule has 1 aliphatic heterocycles. The van der Waals surface area contributed by atoms with E-state index in [0.717, 1.165) is 24.8 Å². The van der Waals surface area contributed by atoms with Gasteiger partial charge in [-0.3, -0.25) is 14.5 Å². The minimum Gasteiger partial charge on any atom is -0.444 e. The summed E-state index contributed by atoms with van der Waals surface area (Å²) in [5.74, 6) is -0.443. The van der Waals surface area contributed by atoms with Crippen LogP contribution in [-0.2, 0) is 16.0 Å². The molecule has 7 heteroatoms. The second kappa shape index (κ2) is 9.87. The SMILES string of the molecule is CC(C)(C)OC(=O)N1CC(NC(=O)c2ccccc2)CC1C(=O)NC1CCCc2ccccc21. The van der Waals surface area contributed by atoms with Crippen molar-refractivity contribution < 1.29 is 19.1 Å². The normalized spacial score (nSPS) is 22.0. The van der Waals surface area contributed by atoms with Crippen molar-refractivity contribution in [3.63, 3.8) is 0 Å². The van der Waals surface area contributed by atoms with Crippen LogP contribution < -0.4 is 10.6 Å². The standard InChI is InChI=1S/C27H33N3O4/c1-27(2,3)34-26(33)30-17-20(28-24(31)19-11-5-4-6-12-19)16-23(30)25(32)29-22-15-9-13-18-10-7-8-14-21(18)22/h4-8,10-12,14,20,22-23H,9,13,15-17H2,1-3H3,(H,28,31)(H,29,32). The van der Waals surface area contributed by atoms with Crippen molar-refractivity contribution >= 4 is 17.9 Å². The summed E-state index contributed by atoms with van der Waals surface area (Å²) >= 11 is 0. The fourth-order valence-corrected chi connectivity index (χ4v) is 4.74. The molecule has 3 amide bonds. The van der Waals surface area contributed by atoms with Crippen LogP contribution in [0.25, 0.3) is 0 Å². The number of amides is 3. The Hall–Kier alpha value is -3.35. The Balaban J connectivity index is 1.50. The molecular weight excluding hydrogens is 430 g/mol. The minimum absolute atomic E-state index is 0.0871. The average Bonchev–Trinajstić information content (AvgIpc) is 3.23. The number of aryl methyl sites for hydroxylation is 1. The van der Waals surface area contributed by atoms with Gasteiger partial charge in [0.2, 0.25) is 5.91 Å². The molecule has 1 aliphatic carbocycles. The summed E-state index contributed by atoms with van der Waals surface area (Å²) in [6.07, 6.45) is 2.64. The van der Waals surface area contributed by atoms with E-state index in [-0.39, 0.29) is 30.4 Å². The number of carbonyl (C=O) groups excluding carboxylic acids is 3. The van der Waals surface area contributed by atoms with E-state index >= 15 is 0 Å². The van der Waals surface area contributed by atoms with Crippen LogP contribution in [0.15, 0.2) is 54.6 Å². The molecule has 1 heterocycles. The summed E-state index contributed by atoms with van der Waals surface area (Å²) in [7, 11) is 0. The largest absolute Gasteiger partial charge is 0.444 e. The summed E-state index contributed by atoms with van der Waals surface area (Å²) in [5.41, 5.74) is 2.24. The maximum Gasteiger partial charge on any atom is 0.411 e. The predicted octanol–water partition coefficient (Wildman–Crippen LogP) is 3.99. The lowest BCUT2D eigenvalue weighted by atomic mass is 9.87. The Morgan fingerprint density at radius 2 is 1.68 bits per heavy atom. The van der Waals surface area contributed by atoms with Crippen LogP contribution in [0.1, 0.15) is 67.6 Å². The topological polar surface area (TPSA) is 87.7 Å². The molecule has 0 bridgehead atoms. The minimum atomic E-state index is -0.718. The summed E-state index contributed by atoms with van der Waals surface area (Å²) in [6, 6.07) is 15.9. The van der Waals surface area contributed by atoms with Crippen LogP contribution >= 0.6 is 0 Å². The van der Waals surface area contributed by atoms with Gasteiger partial charge in [-0.15, -0.1) is 0 Å². The molecule has 3 atom stereocenters. The Labute approximate surface area is 200 Å². The zero-order valence-corrected chi connectivity index (χ0v) is 20.0. The lowest BCUT2D eigenvalue weighted by Crippen LogP contribution is -2.48. The molecule has 2 aromatic rings. The Bertz CT molecular complexity index is 1050. The van der Waals surface area contributed by atoms with Gasteiger partial charge in [-0.1, -0.05) is 42.5 Å². The first-order chi connectivity index (χ1) is 16.2. The molecule has 0 aromatic heterocycles. The molecular formula is C27H33N3O4. The highest BCUT2D eigenvalue weighted by Crippen LogP contribution is 2.30. The van der Waals surface area contributed by atoms with Crippen molar-refractivity contribution in [2.45, 2.75) is 70.2 Å². The van der Waals surface area contributed by atoms with E-state index in [9.17, 15) is 14.4 Å². The maximum atomic E-state index is 13.4. The summed E-state index contributed by atoms with van der Waals surface area (Å²) in [6.45, 7) is 5.60. The van der Waals surface area contributed by atoms with Crippen molar-refractivity contribution in [2.24, 2.45) is 0 Å². The molecule has 2 aromatic carbocycles. The number of benzene rings is 2. The van der Waals surface area contributed by atoms with E-state index in [1.807, 2.05) is 18.2 Å². The van der Waals surface area contributed by atoms with Crippen LogP contribution in [0.5, 0.6) is 0 Å². The van der Waals surface area contributed by atoms with Gasteiger partial charge in [-0.2, -0.15) is 0 Å². The highest BCUT2D eigenvalue weighted by Gasteiger charge is 2.42. The number of nitrogens with one attached hydrogen (secondary N) is 2. The molecule has 180 valence electrons. The monoisotopic (exact) mass is 463 g/mol. The predicted molar refractivity (Wildman–Crippen MR) is 129 cm³/mol. The summed E-state index contributed by atoms with van der Waals surface area (Å²) < 4.78 is 5.58. The van der Waals surface area contributed by atoms with Crippen molar-refractivity contribution in [3.05, 3.63) is 71.3 Å². The quantitative estimate of drug-likeness (QED) is 0.718. The van der Waals surface area contributed by atoms with E-state index in [0.29, 0.717) is 12.0 Å².